The molecule has 0 aliphatic heterocycles. The van der Waals surface area contributed by atoms with Crippen LogP contribution in [0.5, 0.6) is 0 Å². The van der Waals surface area contributed by atoms with Crippen molar-refractivity contribution >= 4 is 99.1 Å². The molecule has 362 valence electrons. The molecule has 6 aromatic carbocycles. The second kappa shape index (κ2) is 22.1. The van der Waals surface area contributed by atoms with Crippen molar-refractivity contribution in [3.05, 3.63) is 121 Å². The van der Waals surface area contributed by atoms with Crippen molar-refractivity contribution in [3.8, 4) is 20.9 Å². The van der Waals surface area contributed by atoms with Crippen molar-refractivity contribution in [2.24, 2.45) is 0 Å². The molecule has 6 nitrogen and oxygen atoms in total. The van der Waals surface area contributed by atoms with E-state index in [1.165, 1.54) is 180 Å². The van der Waals surface area contributed by atoms with Crippen molar-refractivity contribution in [1.82, 2.24) is 29.1 Å². The average Bonchev–Trinajstić information content (AvgIpc) is 4.09. The van der Waals surface area contributed by atoms with E-state index in [1.54, 1.807) is 0 Å². The highest BCUT2D eigenvalue weighted by Crippen LogP contribution is 2.40. The number of unbranched alkanes of at least 4 members (excludes halogenated alkanes) is 18. The summed E-state index contributed by atoms with van der Waals surface area (Å²) in [6, 6.07) is 44.6. The van der Waals surface area contributed by atoms with Crippen molar-refractivity contribution in [2.45, 2.75) is 155 Å². The van der Waals surface area contributed by atoms with E-state index < -0.39 is 0 Å². The molecule has 71 heavy (non-hydrogen) atoms. The fourth-order valence-electron chi connectivity index (χ4n) is 11.3. The molecule has 5 aromatic heterocycles. The number of rotatable bonds is 24. The number of aryl methyl sites for hydroxylation is 2. The summed E-state index contributed by atoms with van der Waals surface area (Å²) in [7, 11) is 0. The van der Waals surface area contributed by atoms with Crippen LogP contribution in [-0.4, -0.2) is 29.1 Å². The number of thiophene rings is 1. The van der Waals surface area contributed by atoms with Crippen LogP contribution in [0.2, 0.25) is 0 Å². The van der Waals surface area contributed by atoms with Gasteiger partial charge in [0.1, 0.15) is 11.0 Å². The van der Waals surface area contributed by atoms with Crippen LogP contribution in [0.25, 0.3) is 109 Å². The third-order valence-electron chi connectivity index (χ3n) is 15.3. The Hall–Kier alpha value is -6.18. The van der Waals surface area contributed by atoms with Gasteiger partial charge in [-0.05, 0) is 106 Å². The first-order valence-electron chi connectivity index (χ1n) is 27.5. The molecule has 0 aliphatic rings. The normalized spacial score (nSPS) is 12.2. The Kier molecular flexibility index (Phi) is 14.7. The van der Waals surface area contributed by atoms with Gasteiger partial charge >= 0.3 is 0 Å². The monoisotopic (exact) mass is 955 g/mol. The molecule has 7 heteroatoms. The van der Waals surface area contributed by atoms with E-state index in [1.807, 2.05) is 11.3 Å². The Morgan fingerprint density at radius 1 is 0.352 bits per heavy atom. The fraction of sp³-hybridized carbons (Fsp3) is 0.375. The minimum absolute atomic E-state index is 0.937. The SMILES string of the molecule is CCCCCCCCCCCCn1c2cc(-c3ccc(-c4ccc5c6nc7cc8ccccc8cc7nc6n(CCCCCCCCCCCC)c5c4)s3)ccc2c2nc3cc4ccccc4cc3nc21. The van der Waals surface area contributed by atoms with Gasteiger partial charge in [0.2, 0.25) is 0 Å². The highest BCUT2D eigenvalue weighted by Gasteiger charge is 2.19. The van der Waals surface area contributed by atoms with Crippen LogP contribution in [0.1, 0.15) is 142 Å². The highest BCUT2D eigenvalue weighted by atomic mass is 32.1. The molecule has 0 bridgehead atoms. The zero-order chi connectivity index (χ0) is 47.9. The molecule has 0 spiro atoms. The van der Waals surface area contributed by atoms with Crippen LogP contribution in [0.15, 0.2) is 121 Å². The summed E-state index contributed by atoms with van der Waals surface area (Å²) >= 11 is 1.88. The Morgan fingerprint density at radius 2 is 0.690 bits per heavy atom. The molecule has 0 N–H and O–H groups in total. The van der Waals surface area contributed by atoms with Crippen molar-refractivity contribution in [1.29, 1.82) is 0 Å². The van der Waals surface area contributed by atoms with Crippen LogP contribution in [0.3, 0.4) is 0 Å². The lowest BCUT2D eigenvalue weighted by molar-refractivity contribution is 0.541. The Labute approximate surface area is 423 Å². The Morgan fingerprint density at radius 3 is 1.06 bits per heavy atom. The number of fused-ring (bicyclic) bond motifs is 10. The molecule has 0 unspecified atom stereocenters. The molecule has 0 saturated heterocycles. The van der Waals surface area contributed by atoms with E-state index in [4.69, 9.17) is 19.9 Å². The average molecular weight is 955 g/mol. The molecule has 0 radical (unpaired) electrons. The van der Waals surface area contributed by atoms with Crippen molar-refractivity contribution < 1.29 is 0 Å². The molecule has 0 aliphatic carbocycles. The maximum Gasteiger partial charge on any atom is 0.160 e. The largest absolute Gasteiger partial charge is 0.324 e. The summed E-state index contributed by atoms with van der Waals surface area (Å²) in [5.74, 6) is 0. The summed E-state index contributed by atoms with van der Waals surface area (Å²) < 4.78 is 4.95. The van der Waals surface area contributed by atoms with E-state index in [2.05, 4.69) is 144 Å². The van der Waals surface area contributed by atoms with Gasteiger partial charge in [0.15, 0.2) is 11.3 Å². The van der Waals surface area contributed by atoms with E-state index in [-0.39, 0.29) is 0 Å². The first kappa shape index (κ1) is 47.2. The quantitative estimate of drug-likeness (QED) is 0.0447. The molecule has 11 rings (SSSR count). The lowest BCUT2D eigenvalue weighted by Gasteiger charge is -2.09. The smallest absolute Gasteiger partial charge is 0.160 e. The van der Waals surface area contributed by atoms with Crippen LogP contribution < -0.4 is 0 Å². The number of aromatic nitrogens is 6. The Balaban J connectivity index is 0.897. The number of hydrogen-bond donors (Lipinski definition) is 0. The van der Waals surface area contributed by atoms with Gasteiger partial charge in [-0.1, -0.05) is 190 Å². The molecular weight excluding hydrogens is 885 g/mol. The maximum atomic E-state index is 5.39. The summed E-state index contributed by atoms with van der Waals surface area (Å²) in [6.07, 6.45) is 26.4. The molecular formula is C64H70N6S. The van der Waals surface area contributed by atoms with Gasteiger partial charge in [0.05, 0.1) is 33.1 Å². The first-order valence-corrected chi connectivity index (χ1v) is 28.3. The van der Waals surface area contributed by atoms with E-state index in [0.29, 0.717) is 0 Å². The summed E-state index contributed by atoms with van der Waals surface area (Å²) in [6.45, 7) is 6.47. The lowest BCUT2D eigenvalue weighted by Crippen LogP contribution is -2.00. The predicted octanol–water partition coefficient (Wildman–Crippen LogP) is 19.3. The first-order chi connectivity index (χ1) is 35.1. The Bertz CT molecular complexity index is 3380. The predicted molar refractivity (Wildman–Crippen MR) is 306 cm³/mol. The van der Waals surface area contributed by atoms with Gasteiger partial charge in [-0.15, -0.1) is 11.3 Å². The standard InChI is InChI=1S/C64H70N6S/c1-3-5-7-9-11-13-15-17-19-25-37-69-57-43-49(31-33-51(57)61-63(69)67-55-41-47-29-23-21-27-45(47)39-53(55)65-61)59-35-36-60(71-59)50-32-34-52-58(44-50)70(38-26-20-18-16-14-12-10-8-6-4-2)64-62(52)66-54-40-46-28-22-24-30-48(46)42-56(54)68-64/h21-24,27-36,39-44H,3-20,25-26,37-38H2,1-2H3. The fourth-order valence-corrected chi connectivity index (χ4v) is 12.3. The molecule has 0 amide bonds. The molecule has 0 saturated carbocycles. The minimum atomic E-state index is 0.937. The van der Waals surface area contributed by atoms with Gasteiger partial charge < -0.3 is 9.13 Å². The minimum Gasteiger partial charge on any atom is -0.324 e. The van der Waals surface area contributed by atoms with Crippen molar-refractivity contribution in [3.63, 3.8) is 0 Å². The second-order valence-electron chi connectivity index (χ2n) is 20.5. The maximum absolute atomic E-state index is 5.39. The van der Waals surface area contributed by atoms with Gasteiger partial charge in [0.25, 0.3) is 0 Å². The number of hydrogen-bond acceptors (Lipinski definition) is 5. The third kappa shape index (κ3) is 10.2. The topological polar surface area (TPSA) is 61.4 Å². The molecule has 0 fully saturated rings. The van der Waals surface area contributed by atoms with Crippen molar-refractivity contribution in [2.75, 3.05) is 0 Å². The zero-order valence-corrected chi connectivity index (χ0v) is 43.0. The lowest BCUT2D eigenvalue weighted by atomic mass is 10.1. The number of nitrogens with zero attached hydrogens (tertiary/aromatic N) is 6. The van der Waals surface area contributed by atoms with Gasteiger partial charge in [0, 0.05) is 33.6 Å². The second-order valence-corrected chi connectivity index (χ2v) is 21.5. The number of benzene rings is 6. The highest BCUT2D eigenvalue weighted by molar-refractivity contribution is 7.18. The van der Waals surface area contributed by atoms with Gasteiger partial charge in [-0.25, -0.2) is 19.9 Å². The van der Waals surface area contributed by atoms with Crippen LogP contribution in [-0.2, 0) is 13.1 Å². The summed E-state index contributed by atoms with van der Waals surface area (Å²) in [5, 5.41) is 7.16. The van der Waals surface area contributed by atoms with Crippen LogP contribution in [0.4, 0.5) is 0 Å². The van der Waals surface area contributed by atoms with Crippen LogP contribution >= 0.6 is 11.3 Å². The molecule has 0 atom stereocenters. The van der Waals surface area contributed by atoms with E-state index in [9.17, 15) is 0 Å². The van der Waals surface area contributed by atoms with Crippen LogP contribution in [0, 0.1) is 0 Å². The van der Waals surface area contributed by atoms with Gasteiger partial charge in [-0.2, -0.15) is 0 Å². The summed E-state index contributed by atoms with van der Waals surface area (Å²) in [4.78, 5) is 24.0. The third-order valence-corrected chi connectivity index (χ3v) is 16.5. The van der Waals surface area contributed by atoms with E-state index in [0.717, 1.165) is 70.3 Å². The summed E-state index contributed by atoms with van der Waals surface area (Å²) in [5.41, 5.74) is 12.7. The molecule has 5 heterocycles. The van der Waals surface area contributed by atoms with Gasteiger partial charge in [-0.3, -0.25) is 0 Å². The molecule has 11 aromatic rings. The zero-order valence-electron chi connectivity index (χ0n) is 42.2. The van der Waals surface area contributed by atoms with E-state index >= 15 is 0 Å².